The van der Waals surface area contributed by atoms with Crippen molar-refractivity contribution in [2.45, 2.75) is 31.7 Å². The first-order chi connectivity index (χ1) is 9.70. The summed E-state index contributed by atoms with van der Waals surface area (Å²) >= 11 is 5.85. The van der Waals surface area contributed by atoms with Gasteiger partial charge in [0.15, 0.2) is 0 Å². The zero-order valence-electron chi connectivity index (χ0n) is 12.8. The van der Waals surface area contributed by atoms with Crippen molar-refractivity contribution in [3.8, 4) is 0 Å². The number of hydrogen-bond acceptors (Lipinski definition) is 3. The Balaban J connectivity index is 3.13. The monoisotopic (exact) mass is 336 g/mol. The topological polar surface area (TPSA) is 49.4 Å². The lowest BCUT2D eigenvalue weighted by atomic mass is 10.1. The zero-order valence-corrected chi connectivity index (χ0v) is 14.4. The molecule has 21 heavy (non-hydrogen) atoms. The average molecular weight is 337 g/mol. The zero-order chi connectivity index (χ0) is 16.2. The first-order valence-corrected chi connectivity index (χ1v) is 8.60. The highest BCUT2D eigenvalue weighted by molar-refractivity contribution is 7.89. The molecule has 1 aromatic carbocycles. The predicted molar refractivity (Wildman–Crippen MR) is 83.4 cm³/mol. The van der Waals surface area contributed by atoms with Crippen molar-refractivity contribution < 1.29 is 12.8 Å². The standard InChI is InChI=1S/C14H22ClFN2O2S/c1-10(2)5-6-18(4)21(19,20)12-7-11(9-17-3)14(15)13(16)8-12/h7-8,10,17H,5-6,9H2,1-4H3. The van der Waals surface area contributed by atoms with E-state index in [2.05, 4.69) is 5.32 Å². The van der Waals surface area contributed by atoms with E-state index in [1.54, 1.807) is 7.05 Å². The number of rotatable bonds is 7. The Morgan fingerprint density at radius 3 is 2.52 bits per heavy atom. The van der Waals surface area contributed by atoms with E-state index >= 15 is 0 Å². The molecular formula is C14H22ClFN2O2S. The molecular weight excluding hydrogens is 315 g/mol. The van der Waals surface area contributed by atoms with Crippen LogP contribution in [0.1, 0.15) is 25.8 Å². The fourth-order valence-electron chi connectivity index (χ4n) is 1.83. The fourth-order valence-corrected chi connectivity index (χ4v) is 3.25. The third kappa shape index (κ3) is 4.64. The molecule has 1 N–H and O–H groups in total. The second kappa shape index (κ2) is 7.54. The van der Waals surface area contributed by atoms with Gasteiger partial charge in [-0.3, -0.25) is 0 Å². The van der Waals surface area contributed by atoms with E-state index in [0.717, 1.165) is 12.5 Å². The van der Waals surface area contributed by atoms with Gasteiger partial charge in [0, 0.05) is 20.1 Å². The van der Waals surface area contributed by atoms with Crippen LogP contribution >= 0.6 is 11.6 Å². The average Bonchev–Trinajstić information content (AvgIpc) is 2.40. The molecule has 0 aromatic heterocycles. The van der Waals surface area contributed by atoms with Crippen molar-refractivity contribution in [3.63, 3.8) is 0 Å². The largest absolute Gasteiger partial charge is 0.316 e. The molecule has 0 aliphatic heterocycles. The van der Waals surface area contributed by atoms with Crippen molar-refractivity contribution in [1.29, 1.82) is 0 Å². The molecule has 0 unspecified atom stereocenters. The van der Waals surface area contributed by atoms with Crippen molar-refractivity contribution >= 4 is 21.6 Å². The predicted octanol–water partition coefficient (Wildman–Crippen LogP) is 2.87. The third-order valence-corrected chi connectivity index (χ3v) is 5.43. The summed E-state index contributed by atoms with van der Waals surface area (Å²) in [6, 6.07) is 2.39. The van der Waals surface area contributed by atoms with Gasteiger partial charge in [-0.2, -0.15) is 0 Å². The Morgan fingerprint density at radius 2 is 2.00 bits per heavy atom. The van der Waals surface area contributed by atoms with Gasteiger partial charge in [-0.25, -0.2) is 17.1 Å². The molecule has 120 valence electrons. The van der Waals surface area contributed by atoms with Crippen LogP contribution in [-0.4, -0.2) is 33.4 Å². The van der Waals surface area contributed by atoms with Gasteiger partial charge in [-0.15, -0.1) is 0 Å². The molecule has 0 amide bonds. The van der Waals surface area contributed by atoms with E-state index in [9.17, 15) is 12.8 Å². The molecule has 7 heteroatoms. The number of benzene rings is 1. The van der Waals surface area contributed by atoms with Gasteiger partial charge in [-0.1, -0.05) is 25.4 Å². The fraction of sp³-hybridized carbons (Fsp3) is 0.571. The number of hydrogen-bond donors (Lipinski definition) is 1. The first-order valence-electron chi connectivity index (χ1n) is 6.79. The smallest absolute Gasteiger partial charge is 0.242 e. The highest BCUT2D eigenvalue weighted by Gasteiger charge is 2.23. The van der Waals surface area contributed by atoms with Crippen LogP contribution in [0.3, 0.4) is 0 Å². The summed E-state index contributed by atoms with van der Waals surface area (Å²) in [5, 5.41) is 2.79. The van der Waals surface area contributed by atoms with E-state index in [0.29, 0.717) is 24.6 Å². The summed E-state index contributed by atoms with van der Waals surface area (Å²) in [4.78, 5) is -0.0686. The van der Waals surface area contributed by atoms with Crippen LogP contribution in [-0.2, 0) is 16.6 Å². The minimum absolute atomic E-state index is 0.0480. The molecule has 0 aliphatic carbocycles. The van der Waals surface area contributed by atoms with Gasteiger partial charge in [0.05, 0.1) is 9.92 Å². The maximum atomic E-state index is 13.8. The summed E-state index contributed by atoms with van der Waals surface area (Å²) in [6.45, 7) is 4.74. The van der Waals surface area contributed by atoms with E-state index in [-0.39, 0.29) is 9.92 Å². The quantitative estimate of drug-likeness (QED) is 0.833. The van der Waals surface area contributed by atoms with E-state index in [1.165, 1.54) is 17.4 Å². The van der Waals surface area contributed by atoms with Gasteiger partial charge in [0.1, 0.15) is 5.82 Å². The highest BCUT2D eigenvalue weighted by Crippen LogP contribution is 2.26. The maximum Gasteiger partial charge on any atom is 0.242 e. The summed E-state index contributed by atoms with van der Waals surface area (Å²) in [7, 11) is -0.521. The summed E-state index contributed by atoms with van der Waals surface area (Å²) < 4.78 is 40.0. The maximum absolute atomic E-state index is 13.8. The van der Waals surface area contributed by atoms with Crippen LogP contribution in [0.4, 0.5) is 4.39 Å². The lowest BCUT2D eigenvalue weighted by Gasteiger charge is -2.19. The summed E-state index contributed by atoms with van der Waals surface area (Å²) in [5.41, 5.74) is 0.426. The van der Waals surface area contributed by atoms with Crippen LogP contribution in [0.5, 0.6) is 0 Å². The summed E-state index contributed by atoms with van der Waals surface area (Å²) in [6.07, 6.45) is 0.745. The van der Waals surface area contributed by atoms with Crippen LogP contribution in [0.15, 0.2) is 17.0 Å². The van der Waals surface area contributed by atoms with Crippen molar-refractivity contribution in [2.75, 3.05) is 20.6 Å². The van der Waals surface area contributed by atoms with Crippen LogP contribution < -0.4 is 5.32 Å². The Kier molecular flexibility index (Phi) is 6.59. The number of sulfonamides is 1. The molecule has 0 fully saturated rings. The first kappa shape index (κ1) is 18.4. The number of nitrogens with zero attached hydrogens (tertiary/aromatic N) is 1. The molecule has 1 rings (SSSR count). The van der Waals surface area contributed by atoms with Gasteiger partial charge in [0.25, 0.3) is 0 Å². The molecule has 0 saturated heterocycles. The lowest BCUT2D eigenvalue weighted by Crippen LogP contribution is -2.29. The molecule has 1 aromatic rings. The van der Waals surface area contributed by atoms with Crippen LogP contribution in [0.25, 0.3) is 0 Å². The SMILES string of the molecule is CNCc1cc(S(=O)(=O)N(C)CCC(C)C)cc(F)c1Cl. The molecule has 4 nitrogen and oxygen atoms in total. The molecule has 0 bridgehead atoms. The van der Waals surface area contributed by atoms with E-state index in [4.69, 9.17) is 11.6 Å². The van der Waals surface area contributed by atoms with Gasteiger partial charge < -0.3 is 5.32 Å². The molecule has 0 atom stereocenters. The lowest BCUT2D eigenvalue weighted by molar-refractivity contribution is 0.427. The normalized spacial score (nSPS) is 12.4. The molecule has 0 saturated carbocycles. The summed E-state index contributed by atoms with van der Waals surface area (Å²) in [5.74, 6) is -0.329. The van der Waals surface area contributed by atoms with E-state index < -0.39 is 15.8 Å². The molecule has 0 heterocycles. The van der Waals surface area contributed by atoms with Crippen LogP contribution in [0, 0.1) is 11.7 Å². The minimum atomic E-state index is -3.71. The van der Waals surface area contributed by atoms with Crippen molar-refractivity contribution in [3.05, 3.63) is 28.5 Å². The Bertz CT molecular complexity index is 591. The van der Waals surface area contributed by atoms with Crippen molar-refractivity contribution in [2.24, 2.45) is 5.92 Å². The Morgan fingerprint density at radius 1 is 1.38 bits per heavy atom. The number of halogens is 2. The third-order valence-electron chi connectivity index (χ3n) is 3.17. The van der Waals surface area contributed by atoms with Gasteiger partial charge in [0.2, 0.25) is 10.0 Å². The van der Waals surface area contributed by atoms with Crippen LogP contribution in [0.2, 0.25) is 5.02 Å². The van der Waals surface area contributed by atoms with E-state index in [1.807, 2.05) is 13.8 Å². The second-order valence-electron chi connectivity index (χ2n) is 5.42. The number of nitrogens with one attached hydrogen (secondary N) is 1. The van der Waals surface area contributed by atoms with Gasteiger partial charge in [-0.05, 0) is 37.1 Å². The molecule has 0 spiro atoms. The highest BCUT2D eigenvalue weighted by atomic mass is 35.5. The molecule has 0 aliphatic rings. The Hall–Kier alpha value is -0.690. The molecule has 0 radical (unpaired) electrons. The second-order valence-corrected chi connectivity index (χ2v) is 7.84. The Labute approximate surface area is 131 Å². The van der Waals surface area contributed by atoms with Crippen molar-refractivity contribution in [1.82, 2.24) is 9.62 Å². The van der Waals surface area contributed by atoms with Gasteiger partial charge >= 0.3 is 0 Å². The minimum Gasteiger partial charge on any atom is -0.316 e.